The van der Waals surface area contributed by atoms with Gasteiger partial charge in [0.1, 0.15) is 12.2 Å². The van der Waals surface area contributed by atoms with E-state index < -0.39 is 37.3 Å². The van der Waals surface area contributed by atoms with E-state index in [2.05, 4.69) is 0 Å². The predicted molar refractivity (Wildman–Crippen MR) is 37.4 cm³/mol. The molecule has 0 spiro atoms. The number of aliphatic hydroxyl groups is 4. The molecule has 0 saturated heterocycles. The van der Waals surface area contributed by atoms with Crippen molar-refractivity contribution in [1.82, 2.24) is 0 Å². The summed E-state index contributed by atoms with van der Waals surface area (Å²) in [6, 6.07) is 0. The number of rotatable bonds is 5. The second-order valence-corrected chi connectivity index (χ2v) is 2.41. The van der Waals surface area contributed by atoms with Crippen LogP contribution in [0.2, 0.25) is 0 Å². The van der Waals surface area contributed by atoms with Crippen molar-refractivity contribution in [3.05, 3.63) is 0 Å². The van der Waals surface area contributed by atoms with Crippen molar-refractivity contribution < 1.29 is 30.3 Å². The number of carboxylic acid groups (broad SMARTS) is 1. The van der Waals surface area contributed by atoms with Crippen LogP contribution >= 0.6 is 0 Å². The highest BCUT2D eigenvalue weighted by Crippen LogP contribution is 2.03. The molecule has 0 saturated carbocycles. The Morgan fingerprint density at radius 2 is 1.67 bits per heavy atom. The molecule has 12 heavy (non-hydrogen) atoms. The molecule has 0 aliphatic rings. The number of carbonyl (C=O) groups is 1. The third kappa shape index (κ3) is 3.63. The summed E-state index contributed by atoms with van der Waals surface area (Å²) >= 11 is 0. The summed E-state index contributed by atoms with van der Waals surface area (Å²) in [6.07, 6.45) is -5.38. The molecule has 0 aliphatic heterocycles. The molecule has 6 nitrogen and oxygen atoms in total. The number of aliphatic hydroxyl groups excluding tert-OH is 4. The van der Waals surface area contributed by atoms with Gasteiger partial charge in [0.2, 0.25) is 0 Å². The molecule has 0 bridgehead atoms. The molecule has 0 aromatic heterocycles. The molecule has 5 N–H and O–H groups in total. The van der Waals surface area contributed by atoms with Gasteiger partial charge in [-0.3, -0.25) is 4.79 Å². The van der Waals surface area contributed by atoms with Crippen LogP contribution in [-0.4, -0.2) is 56.4 Å². The van der Waals surface area contributed by atoms with E-state index in [1.807, 2.05) is 0 Å². The summed E-state index contributed by atoms with van der Waals surface area (Å²) in [7, 11) is 0. The molecule has 6 heteroatoms. The van der Waals surface area contributed by atoms with Gasteiger partial charge in [-0.2, -0.15) is 0 Å². The maximum atomic E-state index is 10.0. The topological polar surface area (TPSA) is 118 Å². The second-order valence-electron chi connectivity index (χ2n) is 2.41. The van der Waals surface area contributed by atoms with Gasteiger partial charge < -0.3 is 25.5 Å². The molecule has 72 valence electrons. The quantitative estimate of drug-likeness (QED) is 0.320. The third-order valence-electron chi connectivity index (χ3n) is 1.36. The van der Waals surface area contributed by atoms with Crippen molar-refractivity contribution in [1.29, 1.82) is 0 Å². The maximum Gasteiger partial charge on any atom is 0.306 e. The standard InChI is InChI=1S/C6H12O6/c7-2-4(9)6(12)3(8)1-5(10)11/h3-4,6-9,12H,1-2H2,(H,10,11)/t3-,4+,6+/m1/s1. The first-order chi connectivity index (χ1) is 5.49. The fourth-order valence-corrected chi connectivity index (χ4v) is 0.664. The molecular weight excluding hydrogens is 168 g/mol. The number of hydrogen-bond acceptors (Lipinski definition) is 5. The van der Waals surface area contributed by atoms with Crippen molar-refractivity contribution in [2.24, 2.45) is 0 Å². The van der Waals surface area contributed by atoms with Crippen LogP contribution in [0.5, 0.6) is 0 Å². The Bertz CT molecular complexity index is 147. The lowest BCUT2D eigenvalue weighted by Gasteiger charge is -2.19. The molecule has 0 aromatic rings. The van der Waals surface area contributed by atoms with Crippen LogP contribution < -0.4 is 0 Å². The van der Waals surface area contributed by atoms with E-state index in [4.69, 9.17) is 25.5 Å². The second kappa shape index (κ2) is 5.04. The number of aliphatic carboxylic acids is 1. The van der Waals surface area contributed by atoms with Crippen LogP contribution in [0.1, 0.15) is 6.42 Å². The zero-order valence-electron chi connectivity index (χ0n) is 6.29. The van der Waals surface area contributed by atoms with Crippen molar-refractivity contribution in [3.8, 4) is 0 Å². The van der Waals surface area contributed by atoms with E-state index in [1.54, 1.807) is 0 Å². The summed E-state index contributed by atoms with van der Waals surface area (Å²) in [5.74, 6) is -1.29. The first-order valence-corrected chi connectivity index (χ1v) is 3.36. The van der Waals surface area contributed by atoms with E-state index >= 15 is 0 Å². The first-order valence-electron chi connectivity index (χ1n) is 3.36. The summed E-state index contributed by atoms with van der Waals surface area (Å²) in [4.78, 5) is 10.0. The molecule has 0 amide bonds. The average Bonchev–Trinajstić information content (AvgIpc) is 2.00. The fourth-order valence-electron chi connectivity index (χ4n) is 0.664. The van der Waals surface area contributed by atoms with Gasteiger partial charge in [0.25, 0.3) is 0 Å². The van der Waals surface area contributed by atoms with E-state index in [0.29, 0.717) is 0 Å². The zero-order valence-corrected chi connectivity index (χ0v) is 6.29. The fraction of sp³-hybridized carbons (Fsp3) is 0.833. The number of carboxylic acids is 1. The molecule has 0 rings (SSSR count). The van der Waals surface area contributed by atoms with E-state index in [-0.39, 0.29) is 0 Å². The van der Waals surface area contributed by atoms with Crippen molar-refractivity contribution in [3.63, 3.8) is 0 Å². The molecule has 0 unspecified atom stereocenters. The monoisotopic (exact) mass is 180 g/mol. The highest BCUT2D eigenvalue weighted by atomic mass is 16.4. The van der Waals surface area contributed by atoms with Gasteiger partial charge in [-0.1, -0.05) is 0 Å². The molecule has 0 heterocycles. The number of hydrogen-bond donors (Lipinski definition) is 5. The lowest BCUT2D eigenvalue weighted by atomic mass is 10.1. The van der Waals surface area contributed by atoms with Gasteiger partial charge in [0, 0.05) is 0 Å². The van der Waals surface area contributed by atoms with Gasteiger partial charge in [-0.05, 0) is 0 Å². The van der Waals surface area contributed by atoms with Crippen LogP contribution in [0.3, 0.4) is 0 Å². The molecular formula is C6H12O6. The molecule has 0 aliphatic carbocycles. The van der Waals surface area contributed by atoms with Gasteiger partial charge >= 0.3 is 5.97 Å². The Kier molecular flexibility index (Phi) is 4.75. The van der Waals surface area contributed by atoms with E-state index in [0.717, 1.165) is 0 Å². The smallest absolute Gasteiger partial charge is 0.306 e. The SMILES string of the molecule is O=C(O)C[C@@H](O)[C@H](O)[C@@H](O)CO. The minimum atomic E-state index is -1.63. The summed E-state index contributed by atoms with van der Waals surface area (Å²) in [5.41, 5.74) is 0. The molecule has 0 aromatic carbocycles. The Morgan fingerprint density at radius 3 is 2.00 bits per heavy atom. The van der Waals surface area contributed by atoms with Gasteiger partial charge in [0.15, 0.2) is 0 Å². The van der Waals surface area contributed by atoms with Crippen LogP contribution in [-0.2, 0) is 4.79 Å². The van der Waals surface area contributed by atoms with Crippen LogP contribution in [0.4, 0.5) is 0 Å². The summed E-state index contributed by atoms with van der Waals surface area (Å²) in [6.45, 7) is -0.724. The molecule has 0 radical (unpaired) electrons. The van der Waals surface area contributed by atoms with Crippen LogP contribution in [0.25, 0.3) is 0 Å². The highest BCUT2D eigenvalue weighted by Gasteiger charge is 2.25. The lowest BCUT2D eigenvalue weighted by Crippen LogP contribution is -2.40. The maximum absolute atomic E-state index is 10.0. The molecule has 0 fully saturated rings. The highest BCUT2D eigenvalue weighted by molar-refractivity contribution is 5.67. The van der Waals surface area contributed by atoms with Crippen LogP contribution in [0.15, 0.2) is 0 Å². The molecule has 3 atom stereocenters. The zero-order chi connectivity index (χ0) is 9.72. The van der Waals surface area contributed by atoms with Gasteiger partial charge in [-0.25, -0.2) is 0 Å². The van der Waals surface area contributed by atoms with E-state index in [9.17, 15) is 4.79 Å². The Labute approximate surface area is 68.7 Å². The van der Waals surface area contributed by atoms with Gasteiger partial charge in [0.05, 0.1) is 19.1 Å². The summed E-state index contributed by atoms with van der Waals surface area (Å²) < 4.78 is 0. The summed E-state index contributed by atoms with van der Waals surface area (Å²) in [5, 5.41) is 43.0. The lowest BCUT2D eigenvalue weighted by molar-refractivity contribution is -0.143. The van der Waals surface area contributed by atoms with Crippen molar-refractivity contribution in [2.75, 3.05) is 6.61 Å². The first kappa shape index (κ1) is 11.3. The Balaban J connectivity index is 3.91. The Morgan fingerprint density at radius 1 is 1.17 bits per heavy atom. The largest absolute Gasteiger partial charge is 0.481 e. The Hall–Kier alpha value is -0.690. The minimum absolute atomic E-state index is 0.668. The van der Waals surface area contributed by atoms with Crippen molar-refractivity contribution in [2.45, 2.75) is 24.7 Å². The van der Waals surface area contributed by atoms with Crippen LogP contribution in [0, 0.1) is 0 Å². The minimum Gasteiger partial charge on any atom is -0.481 e. The van der Waals surface area contributed by atoms with Crippen molar-refractivity contribution >= 4 is 5.97 Å². The van der Waals surface area contributed by atoms with E-state index in [1.165, 1.54) is 0 Å². The average molecular weight is 180 g/mol. The van der Waals surface area contributed by atoms with Gasteiger partial charge in [-0.15, -0.1) is 0 Å². The normalized spacial score (nSPS) is 18.3. The third-order valence-corrected chi connectivity index (χ3v) is 1.36. The predicted octanol–water partition coefficient (Wildman–Crippen LogP) is -2.46.